The van der Waals surface area contributed by atoms with Crippen LogP contribution in [0.5, 0.6) is 0 Å². The fraction of sp³-hybridized carbons (Fsp3) is 0.857. The molecule has 108 valence electrons. The smallest absolute Gasteiger partial charge is 0.224 e. The largest absolute Gasteiger partial charge is 0.378 e. The number of hydrogen-bond acceptors (Lipinski definition) is 3. The van der Waals surface area contributed by atoms with Crippen LogP contribution in [-0.2, 0) is 14.3 Å². The van der Waals surface area contributed by atoms with Crippen molar-refractivity contribution in [2.45, 2.75) is 63.6 Å². The van der Waals surface area contributed by atoms with E-state index in [2.05, 4.69) is 5.32 Å². The zero-order valence-electron chi connectivity index (χ0n) is 11.9. The number of piperidine rings is 1. The molecule has 2 rings (SSSR count). The number of nitrogens with zero attached hydrogens (tertiary/aromatic N) is 1. The summed E-state index contributed by atoms with van der Waals surface area (Å²) in [5, 5.41) is 2.90. The number of nitrogens with one attached hydrogen (secondary N) is 1. The summed E-state index contributed by atoms with van der Waals surface area (Å²) in [7, 11) is 1.86. The van der Waals surface area contributed by atoms with E-state index in [1.54, 1.807) is 0 Å². The summed E-state index contributed by atoms with van der Waals surface area (Å²) < 4.78 is 5.51. The van der Waals surface area contributed by atoms with Crippen LogP contribution >= 0.6 is 0 Å². The van der Waals surface area contributed by atoms with Crippen molar-refractivity contribution in [2.24, 2.45) is 0 Å². The summed E-state index contributed by atoms with van der Waals surface area (Å²) in [6.45, 7) is 2.73. The molecule has 2 fully saturated rings. The predicted molar refractivity (Wildman–Crippen MR) is 71.6 cm³/mol. The second kappa shape index (κ2) is 6.37. The van der Waals surface area contributed by atoms with Gasteiger partial charge in [-0.05, 0) is 32.6 Å². The van der Waals surface area contributed by atoms with Gasteiger partial charge in [0.05, 0.1) is 6.10 Å². The summed E-state index contributed by atoms with van der Waals surface area (Å²) in [4.78, 5) is 25.3. The minimum absolute atomic E-state index is 0.0268. The maximum Gasteiger partial charge on any atom is 0.224 e. The van der Waals surface area contributed by atoms with E-state index in [4.69, 9.17) is 4.74 Å². The van der Waals surface area contributed by atoms with Crippen molar-refractivity contribution < 1.29 is 14.3 Å². The summed E-state index contributed by atoms with van der Waals surface area (Å²) in [6.07, 6.45) is 5.03. The van der Waals surface area contributed by atoms with Crippen molar-refractivity contribution in [3.63, 3.8) is 0 Å². The topological polar surface area (TPSA) is 58.6 Å². The standard InChI is InChI=1S/C14H24N2O3/c1-3-19-12-8-11(9-12)16(2)14(18)7-10-5-4-6-13(17)15-10/h10-12H,3-9H2,1-2H3,(H,15,17)/t10-,11?,12?/m1/s1. The molecule has 2 aliphatic rings. The van der Waals surface area contributed by atoms with Crippen LogP contribution in [0.15, 0.2) is 0 Å². The van der Waals surface area contributed by atoms with Gasteiger partial charge < -0.3 is 15.0 Å². The molecule has 0 unspecified atom stereocenters. The molecule has 0 radical (unpaired) electrons. The van der Waals surface area contributed by atoms with Gasteiger partial charge in [0.1, 0.15) is 0 Å². The van der Waals surface area contributed by atoms with Crippen molar-refractivity contribution in [3.8, 4) is 0 Å². The van der Waals surface area contributed by atoms with Crippen LogP contribution in [0.1, 0.15) is 45.4 Å². The second-order valence-electron chi connectivity index (χ2n) is 5.57. The molecule has 0 aromatic heterocycles. The lowest BCUT2D eigenvalue weighted by Gasteiger charge is -2.41. The van der Waals surface area contributed by atoms with E-state index in [9.17, 15) is 9.59 Å². The van der Waals surface area contributed by atoms with Gasteiger partial charge in [-0.3, -0.25) is 9.59 Å². The van der Waals surface area contributed by atoms with Crippen LogP contribution in [0, 0.1) is 0 Å². The van der Waals surface area contributed by atoms with Crippen LogP contribution in [-0.4, -0.2) is 48.6 Å². The van der Waals surface area contributed by atoms with E-state index in [-0.39, 0.29) is 17.9 Å². The van der Waals surface area contributed by atoms with Crippen molar-refractivity contribution in [2.75, 3.05) is 13.7 Å². The van der Waals surface area contributed by atoms with Gasteiger partial charge in [0, 0.05) is 38.6 Å². The van der Waals surface area contributed by atoms with Gasteiger partial charge in [-0.2, -0.15) is 0 Å². The number of ether oxygens (including phenoxy) is 1. The third-order valence-electron chi connectivity index (χ3n) is 4.16. The first-order valence-electron chi connectivity index (χ1n) is 7.26. The van der Waals surface area contributed by atoms with E-state index in [1.807, 2.05) is 18.9 Å². The van der Waals surface area contributed by atoms with Crippen LogP contribution < -0.4 is 5.32 Å². The molecular formula is C14H24N2O3. The van der Waals surface area contributed by atoms with Crippen molar-refractivity contribution in [1.82, 2.24) is 10.2 Å². The lowest BCUT2D eigenvalue weighted by Crippen LogP contribution is -2.50. The van der Waals surface area contributed by atoms with E-state index in [0.29, 0.717) is 25.0 Å². The Bertz CT molecular complexity index is 340. The number of carbonyl (C=O) groups excluding carboxylic acids is 2. The van der Waals surface area contributed by atoms with Crippen LogP contribution in [0.4, 0.5) is 0 Å². The number of amides is 2. The summed E-state index contributed by atoms with van der Waals surface area (Å²) >= 11 is 0. The molecule has 1 aliphatic heterocycles. The van der Waals surface area contributed by atoms with E-state index >= 15 is 0 Å². The van der Waals surface area contributed by atoms with Gasteiger partial charge in [0.15, 0.2) is 0 Å². The lowest BCUT2D eigenvalue weighted by molar-refractivity contribution is -0.138. The minimum Gasteiger partial charge on any atom is -0.378 e. The number of carbonyl (C=O) groups is 2. The van der Waals surface area contributed by atoms with E-state index in [0.717, 1.165) is 32.3 Å². The van der Waals surface area contributed by atoms with E-state index < -0.39 is 0 Å². The third kappa shape index (κ3) is 3.69. The molecule has 5 nitrogen and oxygen atoms in total. The molecule has 1 N–H and O–H groups in total. The normalized spacial score (nSPS) is 30.4. The maximum atomic E-state index is 12.2. The average Bonchev–Trinajstić information content (AvgIpc) is 2.32. The molecule has 19 heavy (non-hydrogen) atoms. The fourth-order valence-corrected chi connectivity index (χ4v) is 2.82. The highest BCUT2D eigenvalue weighted by atomic mass is 16.5. The third-order valence-corrected chi connectivity index (χ3v) is 4.16. The Morgan fingerprint density at radius 3 is 2.84 bits per heavy atom. The molecule has 0 aromatic rings. The molecule has 1 aliphatic carbocycles. The highest BCUT2D eigenvalue weighted by molar-refractivity contribution is 5.80. The highest BCUT2D eigenvalue weighted by Crippen LogP contribution is 2.28. The number of rotatable bonds is 5. The van der Waals surface area contributed by atoms with Crippen molar-refractivity contribution in [3.05, 3.63) is 0 Å². The molecule has 1 heterocycles. The quantitative estimate of drug-likeness (QED) is 0.811. The first-order valence-corrected chi connectivity index (χ1v) is 7.26. The fourth-order valence-electron chi connectivity index (χ4n) is 2.82. The zero-order chi connectivity index (χ0) is 13.8. The SMILES string of the molecule is CCOC1CC(N(C)C(=O)C[C@H]2CCCC(=O)N2)C1. The van der Waals surface area contributed by atoms with E-state index in [1.165, 1.54) is 0 Å². The first kappa shape index (κ1) is 14.3. The Morgan fingerprint density at radius 2 is 2.21 bits per heavy atom. The molecule has 1 saturated carbocycles. The summed E-state index contributed by atoms with van der Waals surface area (Å²) in [5.74, 6) is 0.207. The van der Waals surface area contributed by atoms with Gasteiger partial charge in [0.2, 0.25) is 11.8 Å². The Balaban J connectivity index is 1.72. The Kier molecular flexibility index (Phi) is 4.80. The lowest BCUT2D eigenvalue weighted by atomic mass is 9.87. The van der Waals surface area contributed by atoms with Crippen LogP contribution in [0.2, 0.25) is 0 Å². The second-order valence-corrected chi connectivity index (χ2v) is 5.57. The molecule has 5 heteroatoms. The molecule has 0 spiro atoms. The summed E-state index contributed by atoms with van der Waals surface area (Å²) in [6, 6.07) is 0.335. The van der Waals surface area contributed by atoms with Gasteiger partial charge in [-0.25, -0.2) is 0 Å². The molecule has 0 aromatic carbocycles. The van der Waals surface area contributed by atoms with Gasteiger partial charge in [-0.15, -0.1) is 0 Å². The van der Waals surface area contributed by atoms with Crippen molar-refractivity contribution in [1.29, 1.82) is 0 Å². The van der Waals surface area contributed by atoms with Gasteiger partial charge >= 0.3 is 0 Å². The first-order chi connectivity index (χ1) is 9.10. The predicted octanol–water partition coefficient (Wildman–Crippen LogP) is 1.07. The average molecular weight is 268 g/mol. The Hall–Kier alpha value is -1.10. The monoisotopic (exact) mass is 268 g/mol. The molecule has 1 saturated heterocycles. The van der Waals surface area contributed by atoms with Crippen molar-refractivity contribution >= 4 is 11.8 Å². The maximum absolute atomic E-state index is 12.2. The van der Waals surface area contributed by atoms with Crippen LogP contribution in [0.25, 0.3) is 0 Å². The van der Waals surface area contributed by atoms with Crippen LogP contribution in [0.3, 0.4) is 0 Å². The molecule has 2 amide bonds. The van der Waals surface area contributed by atoms with Gasteiger partial charge in [-0.1, -0.05) is 0 Å². The Labute approximate surface area is 114 Å². The highest BCUT2D eigenvalue weighted by Gasteiger charge is 2.35. The Morgan fingerprint density at radius 1 is 1.47 bits per heavy atom. The molecule has 1 atom stereocenters. The molecule has 0 bridgehead atoms. The molecular weight excluding hydrogens is 244 g/mol. The number of hydrogen-bond donors (Lipinski definition) is 1. The van der Waals surface area contributed by atoms with Gasteiger partial charge in [0.25, 0.3) is 0 Å². The minimum atomic E-state index is 0.0268. The zero-order valence-corrected chi connectivity index (χ0v) is 11.9. The summed E-state index contributed by atoms with van der Waals surface area (Å²) in [5.41, 5.74) is 0.